The van der Waals surface area contributed by atoms with Crippen LogP contribution in [0.4, 0.5) is 0 Å². The van der Waals surface area contributed by atoms with Crippen molar-refractivity contribution in [3.05, 3.63) is 29.3 Å². The van der Waals surface area contributed by atoms with Crippen molar-refractivity contribution in [3.8, 4) is 0 Å². The van der Waals surface area contributed by atoms with E-state index < -0.39 is 10.0 Å². The van der Waals surface area contributed by atoms with Crippen molar-refractivity contribution in [3.63, 3.8) is 0 Å². The molecular weight excluding hydrogens is 388 g/mol. The van der Waals surface area contributed by atoms with Gasteiger partial charge < -0.3 is 10.1 Å². The van der Waals surface area contributed by atoms with E-state index in [4.69, 9.17) is 4.74 Å². The molecule has 0 radical (unpaired) electrons. The number of ether oxygens (including phenoxy) is 1. The maximum Gasteiger partial charge on any atom is 0.251 e. The SMILES string of the molecule is COCCN(C)S(=O)(=O)c1cc(C(=O)NC2C(C)(C)[C@@H]3CC[C@]2(C)C3)ccc1C. The zero-order valence-electron chi connectivity index (χ0n) is 18.4. The van der Waals surface area contributed by atoms with E-state index in [1.54, 1.807) is 19.1 Å². The molecule has 0 aliphatic heterocycles. The fraction of sp³-hybridized carbons (Fsp3) is 0.682. The van der Waals surface area contributed by atoms with Gasteiger partial charge in [0, 0.05) is 32.3 Å². The number of benzene rings is 1. The summed E-state index contributed by atoms with van der Waals surface area (Å²) in [7, 11) is -0.632. The molecule has 2 aliphatic rings. The van der Waals surface area contributed by atoms with Gasteiger partial charge in [-0.1, -0.05) is 26.8 Å². The van der Waals surface area contributed by atoms with Gasteiger partial charge in [0.2, 0.25) is 10.0 Å². The molecule has 0 saturated heterocycles. The van der Waals surface area contributed by atoms with Gasteiger partial charge in [0.25, 0.3) is 5.91 Å². The lowest BCUT2D eigenvalue weighted by Gasteiger charge is -2.43. The monoisotopic (exact) mass is 422 g/mol. The van der Waals surface area contributed by atoms with E-state index in [1.807, 2.05) is 0 Å². The Kier molecular flexibility index (Phi) is 5.89. The Labute approximate surface area is 175 Å². The Morgan fingerprint density at radius 1 is 1.31 bits per heavy atom. The normalized spacial score (nSPS) is 28.1. The molecule has 1 unspecified atom stereocenters. The van der Waals surface area contributed by atoms with Crippen molar-refractivity contribution in [1.29, 1.82) is 0 Å². The van der Waals surface area contributed by atoms with Crippen LogP contribution < -0.4 is 5.32 Å². The summed E-state index contributed by atoms with van der Waals surface area (Å²) < 4.78 is 32.2. The Balaban J connectivity index is 1.85. The van der Waals surface area contributed by atoms with Gasteiger partial charge in [0.15, 0.2) is 0 Å². The van der Waals surface area contributed by atoms with Gasteiger partial charge in [-0.3, -0.25) is 4.79 Å². The number of nitrogens with one attached hydrogen (secondary N) is 1. The maximum absolute atomic E-state index is 13.1. The number of nitrogens with zero attached hydrogens (tertiary/aromatic N) is 1. The summed E-state index contributed by atoms with van der Waals surface area (Å²) in [6, 6.07) is 5.01. The van der Waals surface area contributed by atoms with Crippen molar-refractivity contribution < 1.29 is 17.9 Å². The summed E-state index contributed by atoms with van der Waals surface area (Å²) in [6.45, 7) is 9.06. The molecule has 2 saturated carbocycles. The highest BCUT2D eigenvalue weighted by molar-refractivity contribution is 7.89. The molecule has 1 N–H and O–H groups in total. The second-order valence-corrected chi connectivity index (χ2v) is 11.6. The van der Waals surface area contributed by atoms with Gasteiger partial charge in [0.1, 0.15) is 0 Å². The zero-order chi connectivity index (χ0) is 21.6. The third kappa shape index (κ3) is 3.84. The first-order valence-corrected chi connectivity index (χ1v) is 11.7. The maximum atomic E-state index is 13.1. The van der Waals surface area contributed by atoms with Crippen LogP contribution in [0.2, 0.25) is 0 Å². The van der Waals surface area contributed by atoms with Gasteiger partial charge in [0.05, 0.1) is 11.5 Å². The second kappa shape index (κ2) is 7.67. The summed E-state index contributed by atoms with van der Waals surface area (Å²) in [4.78, 5) is 13.3. The number of carbonyl (C=O) groups excluding carboxylic acids is 1. The zero-order valence-corrected chi connectivity index (χ0v) is 19.2. The molecule has 0 heterocycles. The van der Waals surface area contributed by atoms with Crippen molar-refractivity contribution in [2.75, 3.05) is 27.3 Å². The number of sulfonamides is 1. The summed E-state index contributed by atoms with van der Waals surface area (Å²) in [6.07, 6.45) is 3.49. The molecule has 3 atom stereocenters. The van der Waals surface area contributed by atoms with Crippen LogP contribution in [0, 0.1) is 23.7 Å². The largest absolute Gasteiger partial charge is 0.383 e. The molecule has 29 heavy (non-hydrogen) atoms. The van der Waals surface area contributed by atoms with Gasteiger partial charge in [-0.25, -0.2) is 8.42 Å². The minimum Gasteiger partial charge on any atom is -0.383 e. The first kappa shape index (κ1) is 22.2. The average Bonchev–Trinajstić information content (AvgIpc) is 3.14. The number of likely N-dealkylation sites (N-methyl/N-ethyl adjacent to an activating group) is 1. The molecule has 7 heteroatoms. The van der Waals surface area contributed by atoms with Crippen LogP contribution in [0.1, 0.15) is 56.0 Å². The molecule has 3 rings (SSSR count). The van der Waals surface area contributed by atoms with Crippen molar-refractivity contribution in [2.45, 2.75) is 57.9 Å². The number of methoxy groups -OCH3 is 1. The number of hydrogen-bond donors (Lipinski definition) is 1. The summed E-state index contributed by atoms with van der Waals surface area (Å²) in [5, 5.41) is 3.25. The number of rotatable bonds is 7. The molecule has 162 valence electrons. The van der Waals surface area contributed by atoms with E-state index >= 15 is 0 Å². The molecule has 1 amide bonds. The van der Waals surface area contributed by atoms with Crippen molar-refractivity contribution in [2.24, 2.45) is 16.7 Å². The fourth-order valence-corrected chi connectivity index (χ4v) is 6.81. The lowest BCUT2D eigenvalue weighted by Crippen LogP contribution is -2.52. The first-order chi connectivity index (χ1) is 13.4. The predicted molar refractivity (Wildman–Crippen MR) is 113 cm³/mol. The lowest BCUT2D eigenvalue weighted by atomic mass is 9.68. The van der Waals surface area contributed by atoms with Gasteiger partial charge in [-0.15, -0.1) is 0 Å². The highest BCUT2D eigenvalue weighted by Gasteiger charge is 2.59. The van der Waals surface area contributed by atoms with Crippen LogP contribution in [0.5, 0.6) is 0 Å². The molecule has 2 bridgehead atoms. The Morgan fingerprint density at radius 2 is 2.00 bits per heavy atom. The highest BCUT2D eigenvalue weighted by atomic mass is 32.2. The van der Waals surface area contributed by atoms with Gasteiger partial charge >= 0.3 is 0 Å². The summed E-state index contributed by atoms with van der Waals surface area (Å²) in [5.41, 5.74) is 1.17. The third-order valence-electron chi connectivity index (χ3n) is 7.29. The van der Waals surface area contributed by atoms with E-state index in [2.05, 4.69) is 26.1 Å². The molecule has 0 spiro atoms. The number of amides is 1. The standard InChI is InChI=1S/C22H34N2O4S/c1-15-7-8-16(13-18(15)29(26,27)24(5)11-12-28-6)19(25)23-20-21(2,3)17-9-10-22(20,4)14-17/h7-8,13,17,20H,9-12,14H2,1-6H3,(H,23,25)/t17-,20?,22-/m1/s1. The second-order valence-electron chi connectivity index (χ2n) is 9.62. The Morgan fingerprint density at radius 3 is 2.59 bits per heavy atom. The summed E-state index contributed by atoms with van der Waals surface area (Å²) in [5.74, 6) is 0.425. The molecule has 1 aromatic carbocycles. The van der Waals surface area contributed by atoms with Crippen LogP contribution >= 0.6 is 0 Å². The first-order valence-electron chi connectivity index (χ1n) is 10.3. The van der Waals surface area contributed by atoms with E-state index in [9.17, 15) is 13.2 Å². The number of fused-ring (bicyclic) bond motifs is 2. The molecule has 1 aromatic rings. The predicted octanol–water partition coefficient (Wildman–Crippen LogP) is 3.21. The third-order valence-corrected chi connectivity index (χ3v) is 9.29. The molecule has 2 fully saturated rings. The molecule has 6 nitrogen and oxygen atoms in total. The fourth-order valence-electron chi connectivity index (χ4n) is 5.40. The smallest absolute Gasteiger partial charge is 0.251 e. The molecule has 0 aromatic heterocycles. The van der Waals surface area contributed by atoms with Crippen molar-refractivity contribution in [1.82, 2.24) is 9.62 Å². The van der Waals surface area contributed by atoms with E-state index in [0.29, 0.717) is 23.7 Å². The van der Waals surface area contributed by atoms with Crippen LogP contribution in [-0.2, 0) is 14.8 Å². The van der Waals surface area contributed by atoms with E-state index in [-0.39, 0.29) is 34.2 Å². The lowest BCUT2D eigenvalue weighted by molar-refractivity contribution is 0.0737. The minimum absolute atomic E-state index is 0.0443. The van der Waals surface area contributed by atoms with Crippen LogP contribution in [0.25, 0.3) is 0 Å². The van der Waals surface area contributed by atoms with E-state index in [1.165, 1.54) is 30.9 Å². The van der Waals surface area contributed by atoms with Crippen LogP contribution in [0.3, 0.4) is 0 Å². The molecular formula is C22H34N2O4S. The average molecular weight is 423 g/mol. The number of hydrogen-bond acceptors (Lipinski definition) is 4. The molecule has 2 aliphatic carbocycles. The van der Waals surface area contributed by atoms with Gasteiger partial charge in [-0.05, 0) is 60.6 Å². The quantitative estimate of drug-likeness (QED) is 0.732. The van der Waals surface area contributed by atoms with Gasteiger partial charge in [-0.2, -0.15) is 4.31 Å². The van der Waals surface area contributed by atoms with E-state index in [0.717, 1.165) is 12.8 Å². The van der Waals surface area contributed by atoms with Crippen LogP contribution in [0.15, 0.2) is 23.1 Å². The Hall–Kier alpha value is -1.44. The minimum atomic E-state index is -3.70. The van der Waals surface area contributed by atoms with Crippen molar-refractivity contribution >= 4 is 15.9 Å². The number of carbonyl (C=O) groups is 1. The summed E-state index contributed by atoms with van der Waals surface area (Å²) >= 11 is 0. The highest BCUT2D eigenvalue weighted by Crippen LogP contribution is 2.62. The Bertz CT molecular complexity index is 891. The van der Waals surface area contributed by atoms with Crippen LogP contribution in [-0.4, -0.2) is 52.0 Å². The topological polar surface area (TPSA) is 75.7 Å². The number of aryl methyl sites for hydroxylation is 1.